The topological polar surface area (TPSA) is 57.9 Å². The zero-order valence-corrected chi connectivity index (χ0v) is 11.0. The van der Waals surface area contributed by atoms with Crippen molar-refractivity contribution in [3.05, 3.63) is 41.3 Å². The summed E-state index contributed by atoms with van der Waals surface area (Å²) in [6.45, 7) is 9.38. The van der Waals surface area contributed by atoms with Gasteiger partial charge >= 0.3 is 0 Å². The number of hydrogen-bond donors (Lipinski definition) is 0. The summed E-state index contributed by atoms with van der Waals surface area (Å²) in [6, 6.07) is 8.11. The standard InChI is InChI=1S/C13H15NO2S/c1-10(9-14)17(15,16)12-7-5-11(6-8-12)13(2,3)4/h5-8H,1H2,2-4H3. The van der Waals surface area contributed by atoms with E-state index in [4.69, 9.17) is 5.26 Å². The summed E-state index contributed by atoms with van der Waals surface area (Å²) in [5.41, 5.74) is 1.01. The van der Waals surface area contributed by atoms with E-state index in [1.807, 2.05) is 20.8 Å². The molecule has 17 heavy (non-hydrogen) atoms. The van der Waals surface area contributed by atoms with Gasteiger partial charge in [0.2, 0.25) is 9.84 Å². The lowest BCUT2D eigenvalue weighted by atomic mass is 9.87. The molecule has 0 aliphatic carbocycles. The van der Waals surface area contributed by atoms with Gasteiger partial charge in [-0.15, -0.1) is 0 Å². The fourth-order valence-electron chi connectivity index (χ4n) is 1.34. The summed E-state index contributed by atoms with van der Waals surface area (Å²) in [6.07, 6.45) is 0. The fraction of sp³-hybridized carbons (Fsp3) is 0.308. The SMILES string of the molecule is C=C(C#N)S(=O)(=O)c1ccc(C(C)(C)C)cc1. The number of rotatable bonds is 2. The average Bonchev–Trinajstić information content (AvgIpc) is 2.27. The predicted molar refractivity (Wildman–Crippen MR) is 67.1 cm³/mol. The summed E-state index contributed by atoms with van der Waals surface area (Å²) >= 11 is 0. The van der Waals surface area contributed by atoms with Crippen LogP contribution in [-0.2, 0) is 15.3 Å². The van der Waals surface area contributed by atoms with E-state index in [0.717, 1.165) is 5.56 Å². The summed E-state index contributed by atoms with van der Waals surface area (Å²) in [7, 11) is -3.71. The molecule has 0 heterocycles. The first-order valence-corrected chi connectivity index (χ1v) is 6.62. The smallest absolute Gasteiger partial charge is 0.216 e. The van der Waals surface area contributed by atoms with E-state index in [1.165, 1.54) is 12.1 Å². The minimum Gasteiger partial charge on any atom is -0.218 e. The molecule has 0 radical (unpaired) electrons. The number of benzene rings is 1. The summed E-state index contributed by atoms with van der Waals surface area (Å²) in [4.78, 5) is -0.321. The predicted octanol–water partition coefficient (Wildman–Crippen LogP) is 2.80. The van der Waals surface area contributed by atoms with Crippen molar-refractivity contribution in [3.63, 3.8) is 0 Å². The minimum absolute atomic E-state index is 0.0332. The number of hydrogen-bond acceptors (Lipinski definition) is 3. The Hall–Kier alpha value is -1.60. The molecular weight excluding hydrogens is 234 g/mol. The number of nitrogens with zero attached hydrogens (tertiary/aromatic N) is 1. The highest BCUT2D eigenvalue weighted by atomic mass is 32.2. The zero-order chi connectivity index (χ0) is 13.3. The second kappa shape index (κ2) is 4.34. The number of nitriles is 1. The monoisotopic (exact) mass is 249 g/mol. The lowest BCUT2D eigenvalue weighted by Gasteiger charge is -2.19. The summed E-state index contributed by atoms with van der Waals surface area (Å²) in [5.74, 6) is 0. The molecule has 0 bridgehead atoms. The lowest BCUT2D eigenvalue weighted by molar-refractivity contribution is 0.587. The second-order valence-corrected chi connectivity index (χ2v) is 6.78. The van der Waals surface area contributed by atoms with Gasteiger partial charge in [0.15, 0.2) is 0 Å². The highest BCUT2D eigenvalue weighted by molar-refractivity contribution is 7.95. The molecule has 0 saturated carbocycles. The second-order valence-electron chi connectivity index (χ2n) is 4.81. The lowest BCUT2D eigenvalue weighted by Crippen LogP contribution is -2.11. The molecule has 1 aromatic rings. The van der Waals surface area contributed by atoms with Crippen molar-refractivity contribution in [2.75, 3.05) is 0 Å². The third-order valence-corrected chi connectivity index (χ3v) is 4.11. The Morgan fingerprint density at radius 3 is 2.06 bits per heavy atom. The molecule has 4 heteroatoms. The van der Waals surface area contributed by atoms with E-state index < -0.39 is 14.7 Å². The van der Waals surface area contributed by atoms with E-state index in [1.54, 1.807) is 18.2 Å². The van der Waals surface area contributed by atoms with Gasteiger partial charge in [-0.1, -0.05) is 39.5 Å². The van der Waals surface area contributed by atoms with Crippen molar-refractivity contribution in [2.45, 2.75) is 31.1 Å². The molecule has 3 nitrogen and oxygen atoms in total. The maximum atomic E-state index is 11.8. The van der Waals surface area contributed by atoms with Crippen LogP contribution >= 0.6 is 0 Å². The normalized spacial score (nSPS) is 11.9. The molecule has 0 amide bonds. The molecular formula is C13H15NO2S. The molecule has 0 aromatic heterocycles. The van der Waals surface area contributed by atoms with Gasteiger partial charge in [0.25, 0.3) is 0 Å². The highest BCUT2D eigenvalue weighted by Gasteiger charge is 2.20. The van der Waals surface area contributed by atoms with Gasteiger partial charge in [-0.3, -0.25) is 0 Å². The van der Waals surface area contributed by atoms with Crippen molar-refractivity contribution in [1.29, 1.82) is 5.26 Å². The Morgan fingerprint density at radius 1 is 1.24 bits per heavy atom. The molecule has 0 spiro atoms. The van der Waals surface area contributed by atoms with Crippen molar-refractivity contribution in [1.82, 2.24) is 0 Å². The molecule has 0 fully saturated rings. The molecule has 0 N–H and O–H groups in total. The van der Waals surface area contributed by atoms with Crippen LogP contribution in [0.1, 0.15) is 26.3 Å². The Morgan fingerprint density at radius 2 is 1.71 bits per heavy atom. The first-order valence-electron chi connectivity index (χ1n) is 5.14. The quantitative estimate of drug-likeness (QED) is 0.757. The van der Waals surface area contributed by atoms with Crippen LogP contribution in [0.5, 0.6) is 0 Å². The van der Waals surface area contributed by atoms with Gasteiger partial charge in [-0.25, -0.2) is 8.42 Å². The Kier molecular flexibility index (Phi) is 3.44. The number of allylic oxidation sites excluding steroid dienone is 1. The maximum Gasteiger partial charge on any atom is 0.216 e. The zero-order valence-electron chi connectivity index (χ0n) is 10.2. The highest BCUT2D eigenvalue weighted by Crippen LogP contribution is 2.25. The van der Waals surface area contributed by atoms with Crippen LogP contribution < -0.4 is 0 Å². The molecule has 0 aliphatic rings. The van der Waals surface area contributed by atoms with Crippen LogP contribution in [0.15, 0.2) is 40.6 Å². The van der Waals surface area contributed by atoms with Gasteiger partial charge < -0.3 is 0 Å². The maximum absolute atomic E-state index is 11.8. The Bertz CT molecular complexity index is 569. The van der Waals surface area contributed by atoms with Crippen LogP contribution in [0.3, 0.4) is 0 Å². The molecule has 1 aromatic carbocycles. The van der Waals surface area contributed by atoms with Gasteiger partial charge in [0.05, 0.1) is 4.90 Å². The van der Waals surface area contributed by atoms with Gasteiger partial charge in [-0.05, 0) is 23.1 Å². The van der Waals surface area contributed by atoms with Gasteiger partial charge in [0.1, 0.15) is 11.0 Å². The average molecular weight is 249 g/mol. The third-order valence-electron chi connectivity index (χ3n) is 2.48. The molecule has 0 atom stereocenters. The van der Waals surface area contributed by atoms with Crippen molar-refractivity contribution < 1.29 is 8.42 Å². The van der Waals surface area contributed by atoms with Crippen molar-refractivity contribution in [2.24, 2.45) is 0 Å². The van der Waals surface area contributed by atoms with Crippen LogP contribution in [0.4, 0.5) is 0 Å². The first-order chi connectivity index (χ1) is 7.69. The van der Waals surface area contributed by atoms with E-state index in [9.17, 15) is 8.42 Å². The van der Waals surface area contributed by atoms with Crippen LogP contribution in [-0.4, -0.2) is 8.42 Å². The number of sulfone groups is 1. The van der Waals surface area contributed by atoms with E-state index in [0.29, 0.717) is 0 Å². The molecule has 0 saturated heterocycles. The van der Waals surface area contributed by atoms with Gasteiger partial charge in [-0.2, -0.15) is 5.26 Å². The first kappa shape index (κ1) is 13.5. The van der Waals surface area contributed by atoms with Crippen LogP contribution in [0.25, 0.3) is 0 Å². The van der Waals surface area contributed by atoms with Crippen molar-refractivity contribution in [3.8, 4) is 6.07 Å². The van der Waals surface area contributed by atoms with Gasteiger partial charge in [0, 0.05) is 0 Å². The molecule has 0 unspecified atom stereocenters. The van der Waals surface area contributed by atoms with E-state index >= 15 is 0 Å². The van der Waals surface area contributed by atoms with E-state index in [-0.39, 0.29) is 10.3 Å². The largest absolute Gasteiger partial charge is 0.218 e. The summed E-state index contributed by atoms with van der Waals surface area (Å²) in [5, 5.41) is 8.59. The molecule has 1 rings (SSSR count). The Balaban J connectivity index is 3.22. The van der Waals surface area contributed by atoms with Crippen molar-refractivity contribution >= 4 is 9.84 Å². The van der Waals surface area contributed by atoms with Crippen LogP contribution in [0, 0.1) is 11.3 Å². The Labute approximate surface area is 102 Å². The van der Waals surface area contributed by atoms with E-state index in [2.05, 4.69) is 6.58 Å². The minimum atomic E-state index is -3.71. The molecule has 90 valence electrons. The summed E-state index contributed by atoms with van der Waals surface area (Å²) < 4.78 is 23.6. The fourth-order valence-corrected chi connectivity index (χ4v) is 2.24. The molecule has 0 aliphatic heterocycles. The third kappa shape index (κ3) is 2.75. The van der Waals surface area contributed by atoms with Crippen LogP contribution in [0.2, 0.25) is 0 Å².